The Balaban J connectivity index is 1.52. The molecule has 2 aromatic heterocycles. The van der Waals surface area contributed by atoms with Gasteiger partial charge < -0.3 is 10.2 Å². The third kappa shape index (κ3) is 5.38. The van der Waals surface area contributed by atoms with Crippen LogP contribution in [0.2, 0.25) is 0 Å². The third-order valence-corrected chi connectivity index (χ3v) is 4.43. The molecule has 0 spiro atoms. The van der Waals surface area contributed by atoms with Crippen molar-refractivity contribution in [3.8, 4) is 0 Å². The molecule has 0 saturated carbocycles. The van der Waals surface area contributed by atoms with E-state index in [4.69, 9.17) is 0 Å². The van der Waals surface area contributed by atoms with Crippen molar-refractivity contribution < 1.29 is 4.79 Å². The molecule has 1 aromatic carbocycles. The summed E-state index contributed by atoms with van der Waals surface area (Å²) in [7, 11) is 1.80. The summed E-state index contributed by atoms with van der Waals surface area (Å²) in [4.78, 5) is 22.5. The van der Waals surface area contributed by atoms with E-state index in [-0.39, 0.29) is 5.91 Å². The number of carbonyl (C=O) groups is 1. The zero-order valence-electron chi connectivity index (χ0n) is 15.7. The highest BCUT2D eigenvalue weighted by Gasteiger charge is 2.13. The van der Waals surface area contributed by atoms with E-state index in [9.17, 15) is 4.79 Å². The van der Waals surface area contributed by atoms with E-state index in [2.05, 4.69) is 46.5 Å². The molecule has 1 N–H and O–H groups in total. The van der Waals surface area contributed by atoms with Gasteiger partial charge in [0, 0.05) is 32.5 Å². The number of carbonyl (C=O) groups excluding carboxylic acids is 1. The van der Waals surface area contributed by atoms with Crippen LogP contribution in [-0.4, -0.2) is 34.4 Å². The molecule has 5 nitrogen and oxygen atoms in total. The Kier molecular flexibility index (Phi) is 6.15. The Morgan fingerprint density at radius 2 is 1.74 bits per heavy atom. The summed E-state index contributed by atoms with van der Waals surface area (Å²) in [6, 6.07) is 16.0. The second kappa shape index (κ2) is 8.94. The molecule has 3 rings (SSSR count). The maximum absolute atomic E-state index is 12.5. The molecular weight excluding hydrogens is 336 g/mol. The standard InChI is InChI=1S/C22H24N4O/c1-17-3-5-19(6-4-17)15-24-20-7-8-21(25-16-20)22(27)26(2)14-11-18-9-12-23-13-10-18/h3-10,12-13,16,24H,11,14-15H2,1-2H3. The fourth-order valence-electron chi connectivity index (χ4n) is 2.68. The zero-order chi connectivity index (χ0) is 19.1. The monoisotopic (exact) mass is 360 g/mol. The minimum Gasteiger partial charge on any atom is -0.380 e. The molecule has 3 aromatic rings. The second-order valence-corrected chi connectivity index (χ2v) is 6.60. The smallest absolute Gasteiger partial charge is 0.272 e. The minimum atomic E-state index is -0.0749. The van der Waals surface area contributed by atoms with Crippen molar-refractivity contribution in [2.45, 2.75) is 19.9 Å². The lowest BCUT2D eigenvalue weighted by Gasteiger charge is -2.17. The number of likely N-dealkylation sites (N-methyl/N-ethyl adjacent to an activating group) is 1. The van der Waals surface area contributed by atoms with Gasteiger partial charge >= 0.3 is 0 Å². The molecular formula is C22H24N4O. The number of nitrogens with one attached hydrogen (secondary N) is 1. The number of amides is 1. The van der Waals surface area contributed by atoms with E-state index >= 15 is 0 Å². The van der Waals surface area contributed by atoms with Crippen molar-refractivity contribution in [2.75, 3.05) is 18.9 Å². The SMILES string of the molecule is Cc1ccc(CNc2ccc(C(=O)N(C)CCc3ccncc3)nc2)cc1. The highest BCUT2D eigenvalue weighted by Crippen LogP contribution is 2.11. The number of nitrogens with zero attached hydrogens (tertiary/aromatic N) is 3. The molecule has 27 heavy (non-hydrogen) atoms. The minimum absolute atomic E-state index is 0.0749. The van der Waals surface area contributed by atoms with E-state index in [1.807, 2.05) is 18.2 Å². The van der Waals surface area contributed by atoms with E-state index in [0.29, 0.717) is 12.2 Å². The highest BCUT2D eigenvalue weighted by atomic mass is 16.2. The van der Waals surface area contributed by atoms with Gasteiger partial charge in [-0.3, -0.25) is 9.78 Å². The fraction of sp³-hybridized carbons (Fsp3) is 0.227. The number of hydrogen-bond donors (Lipinski definition) is 1. The van der Waals surface area contributed by atoms with E-state index in [0.717, 1.165) is 24.2 Å². The van der Waals surface area contributed by atoms with Gasteiger partial charge in [0.15, 0.2) is 0 Å². The molecule has 0 aliphatic heterocycles. The molecule has 0 fully saturated rings. The van der Waals surface area contributed by atoms with Gasteiger partial charge in [0.1, 0.15) is 5.69 Å². The molecule has 0 aliphatic carbocycles. The molecule has 0 unspecified atom stereocenters. The molecule has 0 radical (unpaired) electrons. The summed E-state index contributed by atoms with van der Waals surface area (Å²) in [5.74, 6) is -0.0749. The van der Waals surface area contributed by atoms with Crippen molar-refractivity contribution >= 4 is 11.6 Å². The predicted molar refractivity (Wildman–Crippen MR) is 108 cm³/mol. The maximum Gasteiger partial charge on any atom is 0.272 e. The average molecular weight is 360 g/mol. The van der Waals surface area contributed by atoms with Gasteiger partial charge in [0.2, 0.25) is 0 Å². The Labute approximate surface area is 160 Å². The van der Waals surface area contributed by atoms with Crippen LogP contribution in [0, 0.1) is 6.92 Å². The number of pyridine rings is 2. The van der Waals surface area contributed by atoms with Crippen molar-refractivity contribution in [3.05, 3.63) is 89.5 Å². The molecule has 5 heteroatoms. The summed E-state index contributed by atoms with van der Waals surface area (Å²) in [5, 5.41) is 3.33. The third-order valence-electron chi connectivity index (χ3n) is 4.43. The molecule has 2 heterocycles. The van der Waals surface area contributed by atoms with Gasteiger partial charge in [-0.05, 0) is 48.7 Å². The van der Waals surface area contributed by atoms with E-state index in [1.54, 1.807) is 36.6 Å². The van der Waals surface area contributed by atoms with Crippen LogP contribution in [0.4, 0.5) is 5.69 Å². The fourth-order valence-corrected chi connectivity index (χ4v) is 2.68. The molecule has 1 amide bonds. The van der Waals surface area contributed by atoms with Gasteiger partial charge in [-0.25, -0.2) is 4.98 Å². The predicted octanol–water partition coefficient (Wildman–Crippen LogP) is 3.71. The number of rotatable bonds is 7. The lowest BCUT2D eigenvalue weighted by Crippen LogP contribution is -2.29. The largest absolute Gasteiger partial charge is 0.380 e. The van der Waals surface area contributed by atoms with Gasteiger partial charge in [0.25, 0.3) is 5.91 Å². The number of hydrogen-bond acceptors (Lipinski definition) is 4. The maximum atomic E-state index is 12.5. The van der Waals surface area contributed by atoms with Crippen LogP contribution in [0.5, 0.6) is 0 Å². The van der Waals surface area contributed by atoms with E-state index in [1.165, 1.54) is 11.1 Å². The summed E-state index contributed by atoms with van der Waals surface area (Å²) < 4.78 is 0. The normalized spacial score (nSPS) is 10.4. The Morgan fingerprint density at radius 1 is 1.00 bits per heavy atom. The summed E-state index contributed by atoms with van der Waals surface area (Å²) >= 11 is 0. The molecule has 0 saturated heterocycles. The number of benzene rings is 1. The van der Waals surface area contributed by atoms with Gasteiger partial charge in [-0.2, -0.15) is 0 Å². The molecule has 0 bridgehead atoms. The second-order valence-electron chi connectivity index (χ2n) is 6.60. The Bertz CT molecular complexity index is 861. The average Bonchev–Trinajstić information content (AvgIpc) is 2.72. The van der Waals surface area contributed by atoms with Crippen LogP contribution < -0.4 is 5.32 Å². The summed E-state index contributed by atoms with van der Waals surface area (Å²) in [5.41, 5.74) is 4.96. The number of aryl methyl sites for hydroxylation is 1. The lowest BCUT2D eigenvalue weighted by molar-refractivity contribution is 0.0791. The first-order valence-electron chi connectivity index (χ1n) is 9.01. The zero-order valence-corrected chi connectivity index (χ0v) is 15.7. The molecule has 0 aliphatic rings. The van der Waals surface area contributed by atoms with Crippen LogP contribution in [0.15, 0.2) is 67.1 Å². The van der Waals surface area contributed by atoms with Crippen LogP contribution in [-0.2, 0) is 13.0 Å². The van der Waals surface area contributed by atoms with Crippen molar-refractivity contribution in [3.63, 3.8) is 0 Å². The lowest BCUT2D eigenvalue weighted by atomic mass is 10.1. The first kappa shape index (κ1) is 18.6. The summed E-state index contributed by atoms with van der Waals surface area (Å²) in [6.07, 6.45) is 6.03. The van der Waals surface area contributed by atoms with E-state index < -0.39 is 0 Å². The van der Waals surface area contributed by atoms with Gasteiger partial charge in [-0.15, -0.1) is 0 Å². The van der Waals surface area contributed by atoms with Crippen LogP contribution in [0.1, 0.15) is 27.2 Å². The first-order valence-corrected chi connectivity index (χ1v) is 9.01. The van der Waals surface area contributed by atoms with Crippen LogP contribution >= 0.6 is 0 Å². The highest BCUT2D eigenvalue weighted by molar-refractivity contribution is 5.92. The number of anilines is 1. The summed E-state index contributed by atoms with van der Waals surface area (Å²) in [6.45, 7) is 3.43. The Hall–Kier alpha value is -3.21. The topological polar surface area (TPSA) is 58.1 Å². The Morgan fingerprint density at radius 3 is 2.41 bits per heavy atom. The molecule has 0 atom stereocenters. The number of aromatic nitrogens is 2. The van der Waals surface area contributed by atoms with Crippen LogP contribution in [0.3, 0.4) is 0 Å². The van der Waals surface area contributed by atoms with Crippen LogP contribution in [0.25, 0.3) is 0 Å². The van der Waals surface area contributed by atoms with Crippen molar-refractivity contribution in [1.29, 1.82) is 0 Å². The van der Waals surface area contributed by atoms with Crippen molar-refractivity contribution in [2.24, 2.45) is 0 Å². The first-order chi connectivity index (χ1) is 13.1. The molecule has 138 valence electrons. The van der Waals surface area contributed by atoms with Gasteiger partial charge in [-0.1, -0.05) is 29.8 Å². The quantitative estimate of drug-likeness (QED) is 0.698. The van der Waals surface area contributed by atoms with Crippen molar-refractivity contribution in [1.82, 2.24) is 14.9 Å². The van der Waals surface area contributed by atoms with Gasteiger partial charge in [0.05, 0.1) is 11.9 Å².